The van der Waals surface area contributed by atoms with Crippen LogP contribution in [0.2, 0.25) is 0 Å². The maximum Gasteiger partial charge on any atom is 0.171 e. The van der Waals surface area contributed by atoms with Gasteiger partial charge in [0, 0.05) is 49.8 Å². The molecule has 3 aromatic rings. The van der Waals surface area contributed by atoms with E-state index < -0.39 is 0 Å². The average molecular weight is 388 g/mol. The van der Waals surface area contributed by atoms with E-state index in [0.29, 0.717) is 12.5 Å². The van der Waals surface area contributed by atoms with E-state index in [-0.39, 0.29) is 0 Å². The summed E-state index contributed by atoms with van der Waals surface area (Å²) in [6, 6.07) is 6.10. The summed E-state index contributed by atoms with van der Waals surface area (Å²) in [5.74, 6) is 1.38. The Kier molecular flexibility index (Phi) is 4.44. The molecule has 7 heteroatoms. The highest BCUT2D eigenvalue weighted by molar-refractivity contribution is 9.10. The number of anilines is 1. The van der Waals surface area contributed by atoms with Gasteiger partial charge in [0.05, 0.1) is 10.7 Å². The van der Waals surface area contributed by atoms with E-state index in [9.17, 15) is 0 Å². The number of nitrogens with zero attached hydrogens (tertiary/aromatic N) is 4. The van der Waals surface area contributed by atoms with E-state index >= 15 is 0 Å². The highest BCUT2D eigenvalue weighted by Gasteiger charge is 2.20. The smallest absolute Gasteiger partial charge is 0.171 e. The third kappa shape index (κ3) is 3.14. The molecule has 3 aromatic heterocycles. The van der Waals surface area contributed by atoms with Gasteiger partial charge < -0.3 is 10.1 Å². The summed E-state index contributed by atoms with van der Waals surface area (Å²) in [4.78, 5) is 8.98. The molecule has 124 valence electrons. The van der Waals surface area contributed by atoms with E-state index in [1.807, 2.05) is 16.8 Å². The number of nitrogens with one attached hydrogen (secondary N) is 1. The number of ether oxygens (including phenoxy) is 1. The molecule has 1 N–H and O–H groups in total. The third-order valence-electron chi connectivity index (χ3n) is 4.28. The Labute approximate surface area is 148 Å². The van der Waals surface area contributed by atoms with Crippen LogP contribution in [0.15, 0.2) is 41.3 Å². The van der Waals surface area contributed by atoms with Gasteiger partial charge >= 0.3 is 0 Å². The predicted molar refractivity (Wildman–Crippen MR) is 95.0 cm³/mol. The zero-order valence-corrected chi connectivity index (χ0v) is 14.7. The van der Waals surface area contributed by atoms with Crippen LogP contribution >= 0.6 is 15.9 Å². The second kappa shape index (κ2) is 6.86. The van der Waals surface area contributed by atoms with Crippen LogP contribution in [0, 0.1) is 0 Å². The zero-order valence-electron chi connectivity index (χ0n) is 13.2. The molecule has 0 aromatic carbocycles. The van der Waals surface area contributed by atoms with Gasteiger partial charge in [0.1, 0.15) is 5.82 Å². The minimum Gasteiger partial charge on any atom is -0.381 e. The number of aromatic nitrogens is 4. The number of halogens is 1. The second-order valence-corrected chi connectivity index (χ2v) is 6.75. The highest BCUT2D eigenvalue weighted by atomic mass is 79.9. The first kappa shape index (κ1) is 15.5. The molecule has 0 amide bonds. The Morgan fingerprint density at radius 1 is 1.29 bits per heavy atom. The highest BCUT2D eigenvalue weighted by Crippen LogP contribution is 2.29. The Hall–Kier alpha value is -1.99. The summed E-state index contributed by atoms with van der Waals surface area (Å²) in [6.07, 6.45) is 7.45. The normalized spacial score (nSPS) is 15.7. The molecule has 1 fully saturated rings. The maximum atomic E-state index is 5.48. The van der Waals surface area contributed by atoms with Crippen molar-refractivity contribution in [3.05, 3.63) is 52.5 Å². The molecule has 6 nitrogen and oxygen atoms in total. The zero-order chi connectivity index (χ0) is 16.4. The van der Waals surface area contributed by atoms with Gasteiger partial charge in [0.15, 0.2) is 5.65 Å². The molecule has 0 spiro atoms. The van der Waals surface area contributed by atoms with Gasteiger partial charge in [-0.05, 0) is 40.4 Å². The topological polar surface area (TPSA) is 64.3 Å². The molecule has 0 atom stereocenters. The Morgan fingerprint density at radius 2 is 2.17 bits per heavy atom. The SMILES string of the molecule is Brc1cnn2c(NCc3cccnc3)cc(C3CCOCC3)nc12. The van der Waals surface area contributed by atoms with Crippen molar-refractivity contribution in [1.82, 2.24) is 19.6 Å². The van der Waals surface area contributed by atoms with Crippen molar-refractivity contribution in [2.45, 2.75) is 25.3 Å². The fraction of sp³-hybridized carbons (Fsp3) is 0.353. The van der Waals surface area contributed by atoms with E-state index in [1.165, 1.54) is 0 Å². The number of hydrogen-bond donors (Lipinski definition) is 1. The van der Waals surface area contributed by atoms with Crippen LogP contribution in [0.4, 0.5) is 5.82 Å². The van der Waals surface area contributed by atoms with Crippen molar-refractivity contribution in [1.29, 1.82) is 0 Å². The Bertz CT molecular complexity index is 830. The summed E-state index contributed by atoms with van der Waals surface area (Å²) in [7, 11) is 0. The standard InChI is InChI=1S/C17H18BrN5O/c18-14-11-21-23-16(20-10-12-2-1-5-19-9-12)8-15(22-17(14)23)13-3-6-24-7-4-13/h1-2,5,8-9,11,13,20H,3-4,6-7,10H2. The van der Waals surface area contributed by atoms with Gasteiger partial charge in [-0.2, -0.15) is 9.61 Å². The first-order valence-electron chi connectivity index (χ1n) is 8.06. The summed E-state index contributed by atoms with van der Waals surface area (Å²) >= 11 is 3.55. The van der Waals surface area contributed by atoms with Crippen LogP contribution in [-0.2, 0) is 11.3 Å². The second-order valence-electron chi connectivity index (χ2n) is 5.90. The van der Waals surface area contributed by atoms with Crippen LogP contribution in [-0.4, -0.2) is 32.8 Å². The minimum absolute atomic E-state index is 0.435. The molecule has 4 heterocycles. The van der Waals surface area contributed by atoms with E-state index in [4.69, 9.17) is 9.72 Å². The van der Waals surface area contributed by atoms with Crippen molar-refractivity contribution in [2.75, 3.05) is 18.5 Å². The summed E-state index contributed by atoms with van der Waals surface area (Å²) < 4.78 is 8.22. The molecule has 1 saturated heterocycles. The van der Waals surface area contributed by atoms with Crippen molar-refractivity contribution >= 4 is 27.4 Å². The predicted octanol–water partition coefficient (Wildman–Crippen LogP) is 3.39. The molecule has 0 aliphatic carbocycles. The number of hydrogen-bond acceptors (Lipinski definition) is 5. The Morgan fingerprint density at radius 3 is 2.96 bits per heavy atom. The van der Waals surface area contributed by atoms with Crippen LogP contribution < -0.4 is 5.32 Å². The van der Waals surface area contributed by atoms with E-state index in [0.717, 1.165) is 53.3 Å². The number of pyridine rings is 1. The van der Waals surface area contributed by atoms with Gasteiger partial charge in [0.2, 0.25) is 0 Å². The van der Waals surface area contributed by atoms with Gasteiger partial charge in [-0.25, -0.2) is 4.98 Å². The first-order valence-corrected chi connectivity index (χ1v) is 8.85. The van der Waals surface area contributed by atoms with Crippen LogP contribution in [0.5, 0.6) is 0 Å². The molecular formula is C17H18BrN5O. The molecule has 0 unspecified atom stereocenters. The van der Waals surface area contributed by atoms with E-state index in [2.05, 4.69) is 43.5 Å². The largest absolute Gasteiger partial charge is 0.381 e. The van der Waals surface area contributed by atoms with Gasteiger partial charge in [-0.1, -0.05) is 6.07 Å². The molecule has 1 aliphatic rings. The van der Waals surface area contributed by atoms with Gasteiger partial charge in [-0.3, -0.25) is 4.98 Å². The van der Waals surface area contributed by atoms with Gasteiger partial charge in [-0.15, -0.1) is 0 Å². The molecule has 0 bridgehead atoms. The van der Waals surface area contributed by atoms with Crippen molar-refractivity contribution in [2.24, 2.45) is 0 Å². The fourth-order valence-corrected chi connectivity index (χ4v) is 3.33. The molecular weight excluding hydrogens is 370 g/mol. The van der Waals surface area contributed by atoms with E-state index in [1.54, 1.807) is 12.4 Å². The summed E-state index contributed by atoms with van der Waals surface area (Å²) in [5.41, 5.74) is 3.06. The lowest BCUT2D eigenvalue weighted by Crippen LogP contribution is -2.16. The molecule has 0 radical (unpaired) electrons. The molecule has 4 rings (SSSR count). The fourth-order valence-electron chi connectivity index (χ4n) is 2.98. The number of fused-ring (bicyclic) bond motifs is 1. The van der Waals surface area contributed by atoms with Crippen LogP contribution in [0.3, 0.4) is 0 Å². The van der Waals surface area contributed by atoms with Gasteiger partial charge in [0.25, 0.3) is 0 Å². The number of rotatable bonds is 4. The van der Waals surface area contributed by atoms with Crippen molar-refractivity contribution in [3.63, 3.8) is 0 Å². The van der Waals surface area contributed by atoms with Crippen LogP contribution in [0.1, 0.15) is 30.0 Å². The molecule has 0 saturated carbocycles. The summed E-state index contributed by atoms with van der Waals surface area (Å²) in [6.45, 7) is 2.30. The third-order valence-corrected chi connectivity index (χ3v) is 4.84. The molecule has 24 heavy (non-hydrogen) atoms. The molecule has 1 aliphatic heterocycles. The maximum absolute atomic E-state index is 5.48. The monoisotopic (exact) mass is 387 g/mol. The van der Waals surface area contributed by atoms with Crippen LogP contribution in [0.25, 0.3) is 5.65 Å². The Balaban J connectivity index is 1.67. The minimum atomic E-state index is 0.435. The lowest BCUT2D eigenvalue weighted by Gasteiger charge is -2.22. The lowest BCUT2D eigenvalue weighted by molar-refractivity contribution is 0.0845. The van der Waals surface area contributed by atoms with Crippen molar-refractivity contribution in [3.8, 4) is 0 Å². The van der Waals surface area contributed by atoms with Crippen molar-refractivity contribution < 1.29 is 4.74 Å². The summed E-state index contributed by atoms with van der Waals surface area (Å²) in [5, 5.41) is 7.89. The first-order chi connectivity index (χ1) is 11.8. The average Bonchev–Trinajstić information content (AvgIpc) is 3.02. The quantitative estimate of drug-likeness (QED) is 0.742. The lowest BCUT2D eigenvalue weighted by atomic mass is 9.96.